The van der Waals surface area contributed by atoms with Crippen molar-refractivity contribution in [1.29, 1.82) is 0 Å². The molecule has 3 aromatic rings. The van der Waals surface area contributed by atoms with Gasteiger partial charge in [-0.05, 0) is 54.9 Å². The number of nitrogens with zero attached hydrogens (tertiary/aromatic N) is 2. The minimum atomic E-state index is -0.334. The zero-order chi connectivity index (χ0) is 20.9. The number of ether oxygens (including phenoxy) is 1. The van der Waals surface area contributed by atoms with Gasteiger partial charge in [0, 0.05) is 25.7 Å². The van der Waals surface area contributed by atoms with Gasteiger partial charge in [-0.15, -0.1) is 0 Å². The fraction of sp³-hybridized carbons (Fsp3) is 0.308. The molecule has 156 valence electrons. The predicted octanol–water partition coefficient (Wildman–Crippen LogP) is 5.21. The van der Waals surface area contributed by atoms with Crippen LogP contribution in [-0.4, -0.2) is 43.0 Å². The van der Waals surface area contributed by atoms with Crippen molar-refractivity contribution in [1.82, 2.24) is 9.80 Å². The third kappa shape index (κ3) is 5.07. The lowest BCUT2D eigenvalue weighted by Crippen LogP contribution is -2.31. The van der Waals surface area contributed by atoms with Crippen LogP contribution in [0.25, 0.3) is 11.1 Å². The molecule has 3 nitrogen and oxygen atoms in total. The maximum Gasteiger partial charge on any atom is 0.165 e. The van der Waals surface area contributed by atoms with E-state index in [-0.39, 0.29) is 11.6 Å². The fourth-order valence-electron chi connectivity index (χ4n) is 3.97. The SMILES string of the molecule is CN(C)C1CCN(Cc2ccc(-c3ccc(OCc4ccccc4)c(F)c3)cc2)C1. The molecule has 1 heterocycles. The fourth-order valence-corrected chi connectivity index (χ4v) is 3.97. The lowest BCUT2D eigenvalue weighted by Gasteiger charge is -2.20. The Morgan fingerprint density at radius 1 is 0.933 bits per heavy atom. The summed E-state index contributed by atoms with van der Waals surface area (Å²) in [6.07, 6.45) is 1.23. The summed E-state index contributed by atoms with van der Waals surface area (Å²) in [5.41, 5.74) is 4.19. The molecule has 0 amide bonds. The molecular weight excluding hydrogens is 375 g/mol. The third-order valence-corrected chi connectivity index (χ3v) is 5.84. The summed E-state index contributed by atoms with van der Waals surface area (Å²) in [4.78, 5) is 4.81. The molecule has 0 spiro atoms. The van der Waals surface area contributed by atoms with E-state index in [0.717, 1.165) is 36.3 Å². The smallest absolute Gasteiger partial charge is 0.165 e. The van der Waals surface area contributed by atoms with Crippen LogP contribution in [0, 0.1) is 5.82 Å². The molecule has 3 aromatic carbocycles. The highest BCUT2D eigenvalue weighted by atomic mass is 19.1. The molecule has 0 aromatic heterocycles. The van der Waals surface area contributed by atoms with Crippen LogP contribution in [0.3, 0.4) is 0 Å². The topological polar surface area (TPSA) is 15.7 Å². The van der Waals surface area contributed by atoms with Crippen LogP contribution < -0.4 is 4.74 Å². The van der Waals surface area contributed by atoms with Crippen molar-refractivity contribution in [2.24, 2.45) is 0 Å². The highest BCUT2D eigenvalue weighted by molar-refractivity contribution is 5.64. The molecular formula is C26H29FN2O. The average Bonchev–Trinajstić information content (AvgIpc) is 3.23. The van der Waals surface area contributed by atoms with Crippen LogP contribution in [0.5, 0.6) is 5.75 Å². The first-order valence-corrected chi connectivity index (χ1v) is 10.5. The van der Waals surface area contributed by atoms with Crippen LogP contribution in [0.1, 0.15) is 17.5 Å². The van der Waals surface area contributed by atoms with E-state index < -0.39 is 0 Å². The van der Waals surface area contributed by atoms with Gasteiger partial charge in [0.1, 0.15) is 6.61 Å². The second-order valence-electron chi connectivity index (χ2n) is 8.26. The van der Waals surface area contributed by atoms with E-state index in [0.29, 0.717) is 12.6 Å². The number of halogens is 1. The van der Waals surface area contributed by atoms with Gasteiger partial charge in [0.25, 0.3) is 0 Å². The Morgan fingerprint density at radius 3 is 2.33 bits per heavy atom. The van der Waals surface area contributed by atoms with Crippen LogP contribution in [-0.2, 0) is 13.2 Å². The molecule has 4 heteroatoms. The molecule has 0 saturated carbocycles. The van der Waals surface area contributed by atoms with Crippen molar-refractivity contribution in [3.05, 3.63) is 89.7 Å². The largest absolute Gasteiger partial charge is 0.486 e. The quantitative estimate of drug-likeness (QED) is 0.538. The highest BCUT2D eigenvalue weighted by Crippen LogP contribution is 2.27. The number of rotatable bonds is 7. The Balaban J connectivity index is 1.37. The van der Waals surface area contributed by atoms with E-state index in [1.54, 1.807) is 12.1 Å². The first-order valence-electron chi connectivity index (χ1n) is 10.5. The summed E-state index contributed by atoms with van der Waals surface area (Å²) in [6, 6.07) is 24.1. The van der Waals surface area contributed by atoms with Crippen molar-refractivity contribution in [3.63, 3.8) is 0 Å². The van der Waals surface area contributed by atoms with Gasteiger partial charge in [0.15, 0.2) is 11.6 Å². The van der Waals surface area contributed by atoms with Gasteiger partial charge < -0.3 is 9.64 Å². The Morgan fingerprint density at radius 2 is 1.67 bits per heavy atom. The molecule has 4 rings (SSSR count). The van der Waals surface area contributed by atoms with Gasteiger partial charge in [0.2, 0.25) is 0 Å². The van der Waals surface area contributed by atoms with E-state index in [9.17, 15) is 4.39 Å². The molecule has 1 atom stereocenters. The zero-order valence-corrected chi connectivity index (χ0v) is 17.7. The summed E-state index contributed by atoms with van der Waals surface area (Å²) in [7, 11) is 4.31. The molecule has 1 unspecified atom stereocenters. The van der Waals surface area contributed by atoms with Gasteiger partial charge in [0.05, 0.1) is 0 Å². The number of hydrogen-bond donors (Lipinski definition) is 0. The second kappa shape index (κ2) is 9.41. The number of likely N-dealkylation sites (tertiary alicyclic amines) is 1. The van der Waals surface area contributed by atoms with Crippen molar-refractivity contribution in [2.45, 2.75) is 25.6 Å². The van der Waals surface area contributed by atoms with Gasteiger partial charge >= 0.3 is 0 Å². The number of hydrogen-bond acceptors (Lipinski definition) is 3. The van der Waals surface area contributed by atoms with E-state index >= 15 is 0 Å². The molecule has 1 saturated heterocycles. The minimum absolute atomic E-state index is 0.281. The standard InChI is InChI=1S/C26H29FN2O/c1-28(2)24-14-15-29(18-24)17-20-8-10-22(11-9-20)23-12-13-26(25(27)16-23)30-19-21-6-4-3-5-7-21/h3-13,16,24H,14-15,17-19H2,1-2H3. The Hall–Kier alpha value is -2.69. The molecule has 1 aliphatic heterocycles. The van der Waals surface area contributed by atoms with E-state index in [2.05, 4.69) is 48.2 Å². The first-order chi connectivity index (χ1) is 14.6. The minimum Gasteiger partial charge on any atom is -0.486 e. The first kappa shape index (κ1) is 20.6. The van der Waals surface area contributed by atoms with Crippen molar-refractivity contribution in [3.8, 4) is 16.9 Å². The average molecular weight is 405 g/mol. The molecule has 0 aliphatic carbocycles. The summed E-state index contributed by atoms with van der Waals surface area (Å²) in [5.74, 6) is -0.0528. The summed E-state index contributed by atoms with van der Waals surface area (Å²) >= 11 is 0. The van der Waals surface area contributed by atoms with Crippen molar-refractivity contribution in [2.75, 3.05) is 27.2 Å². The van der Waals surface area contributed by atoms with Crippen LogP contribution in [0.4, 0.5) is 4.39 Å². The number of likely N-dealkylation sites (N-methyl/N-ethyl adjacent to an activating group) is 1. The van der Waals surface area contributed by atoms with Gasteiger partial charge in [-0.2, -0.15) is 0 Å². The van der Waals surface area contributed by atoms with E-state index in [4.69, 9.17) is 4.74 Å². The summed E-state index contributed by atoms with van der Waals surface area (Å²) < 4.78 is 20.2. The maximum absolute atomic E-state index is 14.6. The van der Waals surface area contributed by atoms with Crippen LogP contribution >= 0.6 is 0 Å². The Labute approximate surface area is 178 Å². The maximum atomic E-state index is 14.6. The van der Waals surface area contributed by atoms with Crippen LogP contribution in [0.2, 0.25) is 0 Å². The normalized spacial score (nSPS) is 16.9. The van der Waals surface area contributed by atoms with Gasteiger partial charge in [-0.1, -0.05) is 60.7 Å². The third-order valence-electron chi connectivity index (χ3n) is 5.84. The van der Waals surface area contributed by atoms with Crippen LogP contribution in [0.15, 0.2) is 72.8 Å². The lowest BCUT2D eigenvalue weighted by molar-refractivity contribution is 0.264. The monoisotopic (exact) mass is 404 g/mol. The van der Waals surface area contributed by atoms with E-state index in [1.807, 2.05) is 36.4 Å². The predicted molar refractivity (Wildman–Crippen MR) is 120 cm³/mol. The van der Waals surface area contributed by atoms with Gasteiger partial charge in [-0.3, -0.25) is 4.90 Å². The molecule has 30 heavy (non-hydrogen) atoms. The van der Waals surface area contributed by atoms with Crippen molar-refractivity contribution < 1.29 is 9.13 Å². The zero-order valence-electron chi connectivity index (χ0n) is 17.7. The molecule has 0 N–H and O–H groups in total. The lowest BCUT2D eigenvalue weighted by atomic mass is 10.0. The van der Waals surface area contributed by atoms with Gasteiger partial charge in [-0.25, -0.2) is 4.39 Å². The van der Waals surface area contributed by atoms with E-state index in [1.165, 1.54) is 12.0 Å². The molecule has 0 bridgehead atoms. The summed E-state index contributed by atoms with van der Waals surface area (Å²) in [6.45, 7) is 3.58. The second-order valence-corrected chi connectivity index (χ2v) is 8.26. The van der Waals surface area contributed by atoms with Crippen molar-refractivity contribution >= 4 is 0 Å². The number of benzene rings is 3. The highest BCUT2D eigenvalue weighted by Gasteiger charge is 2.23. The molecule has 0 radical (unpaired) electrons. The summed E-state index contributed by atoms with van der Waals surface area (Å²) in [5, 5.41) is 0. The molecule has 1 aliphatic rings. The Kier molecular flexibility index (Phi) is 6.46. The Bertz CT molecular complexity index is 957. The molecule has 1 fully saturated rings.